The molecule has 0 unspecified atom stereocenters. The summed E-state index contributed by atoms with van der Waals surface area (Å²) in [5.41, 5.74) is 2.97. The van der Waals surface area contributed by atoms with Crippen molar-refractivity contribution < 1.29 is 9.53 Å². The second-order valence-corrected chi connectivity index (χ2v) is 5.41. The van der Waals surface area contributed by atoms with E-state index in [0.29, 0.717) is 10.8 Å². The van der Waals surface area contributed by atoms with Crippen molar-refractivity contribution in [3.8, 4) is 5.75 Å². The maximum absolute atomic E-state index is 12.2. The van der Waals surface area contributed by atoms with E-state index in [0.717, 1.165) is 16.8 Å². The maximum Gasteiger partial charge on any atom is 0.265 e. The molecular formula is C17H18ClNO2. The van der Waals surface area contributed by atoms with Gasteiger partial charge in [0.15, 0.2) is 6.10 Å². The first-order chi connectivity index (χ1) is 9.97. The Morgan fingerprint density at radius 2 is 1.90 bits per heavy atom. The predicted octanol–water partition coefficient (Wildman–Crippen LogP) is 4.36. The Hall–Kier alpha value is -2.00. The van der Waals surface area contributed by atoms with Crippen LogP contribution in [0.2, 0.25) is 5.02 Å². The lowest BCUT2D eigenvalue weighted by atomic mass is 10.1. The summed E-state index contributed by atoms with van der Waals surface area (Å²) in [4.78, 5) is 12.2. The molecule has 21 heavy (non-hydrogen) atoms. The Bertz CT molecular complexity index is 655. The van der Waals surface area contributed by atoms with Crippen LogP contribution in [0.4, 0.5) is 5.69 Å². The van der Waals surface area contributed by atoms with Crippen molar-refractivity contribution in [2.24, 2.45) is 0 Å². The molecule has 0 bridgehead atoms. The quantitative estimate of drug-likeness (QED) is 0.911. The zero-order valence-corrected chi connectivity index (χ0v) is 13.1. The SMILES string of the molecule is Cc1ccc(NC(=O)[C@H](C)Oc2ccccc2Cl)c(C)c1. The standard InChI is InChI=1S/C17H18ClNO2/c1-11-8-9-15(12(2)10-11)19-17(20)13(3)21-16-7-5-4-6-14(16)18/h4-10,13H,1-3H3,(H,19,20)/t13-/m0/s1. The molecule has 3 nitrogen and oxygen atoms in total. The van der Waals surface area contributed by atoms with Crippen molar-refractivity contribution in [2.75, 3.05) is 5.32 Å². The molecule has 0 aliphatic heterocycles. The fourth-order valence-electron chi connectivity index (χ4n) is 1.97. The second-order valence-electron chi connectivity index (χ2n) is 5.00. The van der Waals surface area contributed by atoms with Crippen molar-refractivity contribution in [3.05, 3.63) is 58.6 Å². The van der Waals surface area contributed by atoms with E-state index in [-0.39, 0.29) is 5.91 Å². The minimum atomic E-state index is -0.634. The Morgan fingerprint density at radius 1 is 1.19 bits per heavy atom. The van der Waals surface area contributed by atoms with Gasteiger partial charge in [-0.3, -0.25) is 4.79 Å². The number of hydrogen-bond acceptors (Lipinski definition) is 2. The first-order valence-electron chi connectivity index (χ1n) is 6.76. The lowest BCUT2D eigenvalue weighted by Crippen LogP contribution is -2.30. The molecule has 4 heteroatoms. The number of ether oxygens (including phenoxy) is 1. The number of benzene rings is 2. The lowest BCUT2D eigenvalue weighted by molar-refractivity contribution is -0.122. The average molecular weight is 304 g/mol. The molecule has 0 aliphatic carbocycles. The van der Waals surface area contributed by atoms with Crippen LogP contribution in [0.1, 0.15) is 18.1 Å². The highest BCUT2D eigenvalue weighted by molar-refractivity contribution is 6.32. The van der Waals surface area contributed by atoms with Crippen LogP contribution < -0.4 is 10.1 Å². The summed E-state index contributed by atoms with van der Waals surface area (Å²) in [5.74, 6) is 0.296. The molecule has 0 heterocycles. The molecule has 0 saturated carbocycles. The van der Waals surface area contributed by atoms with E-state index >= 15 is 0 Å². The van der Waals surface area contributed by atoms with Gasteiger partial charge in [-0.2, -0.15) is 0 Å². The van der Waals surface area contributed by atoms with Crippen LogP contribution in [0.5, 0.6) is 5.75 Å². The van der Waals surface area contributed by atoms with Crippen molar-refractivity contribution >= 4 is 23.2 Å². The molecule has 0 aromatic heterocycles. The molecular weight excluding hydrogens is 286 g/mol. The summed E-state index contributed by atoms with van der Waals surface area (Å²) in [7, 11) is 0. The second kappa shape index (κ2) is 6.64. The average Bonchev–Trinajstić information content (AvgIpc) is 2.44. The smallest absolute Gasteiger partial charge is 0.265 e. The van der Waals surface area contributed by atoms with Crippen LogP contribution in [0, 0.1) is 13.8 Å². The number of carbonyl (C=O) groups is 1. The third-order valence-electron chi connectivity index (χ3n) is 3.15. The molecule has 0 spiro atoms. The molecule has 0 aliphatic rings. The Kier molecular flexibility index (Phi) is 4.86. The molecule has 0 radical (unpaired) electrons. The van der Waals surface area contributed by atoms with Gasteiger partial charge >= 0.3 is 0 Å². The Balaban J connectivity index is 2.04. The summed E-state index contributed by atoms with van der Waals surface area (Å²) >= 11 is 6.02. The number of hydrogen-bond donors (Lipinski definition) is 1. The van der Waals surface area contributed by atoms with E-state index in [1.54, 1.807) is 19.1 Å². The monoisotopic (exact) mass is 303 g/mol. The van der Waals surface area contributed by atoms with Gasteiger partial charge in [-0.25, -0.2) is 0 Å². The minimum absolute atomic E-state index is 0.207. The van der Waals surface area contributed by atoms with E-state index in [1.165, 1.54) is 0 Å². The summed E-state index contributed by atoms with van der Waals surface area (Å²) < 4.78 is 5.60. The van der Waals surface area contributed by atoms with E-state index in [9.17, 15) is 4.79 Å². The predicted molar refractivity (Wildman–Crippen MR) is 86.1 cm³/mol. The number of aryl methyl sites for hydroxylation is 2. The van der Waals surface area contributed by atoms with Crippen molar-refractivity contribution in [1.82, 2.24) is 0 Å². The van der Waals surface area contributed by atoms with E-state index in [1.807, 2.05) is 44.2 Å². The number of carbonyl (C=O) groups excluding carboxylic acids is 1. The molecule has 2 rings (SSSR count). The van der Waals surface area contributed by atoms with Gasteiger partial charge in [0.2, 0.25) is 0 Å². The fourth-order valence-corrected chi connectivity index (χ4v) is 2.15. The molecule has 2 aromatic carbocycles. The van der Waals surface area contributed by atoms with Crippen LogP contribution in [0.15, 0.2) is 42.5 Å². The topological polar surface area (TPSA) is 38.3 Å². The normalized spacial score (nSPS) is 11.8. The van der Waals surface area contributed by atoms with Gasteiger partial charge in [-0.1, -0.05) is 41.4 Å². The van der Waals surface area contributed by atoms with Crippen LogP contribution in [0.25, 0.3) is 0 Å². The van der Waals surface area contributed by atoms with Gasteiger partial charge in [0.1, 0.15) is 5.75 Å². The van der Waals surface area contributed by atoms with Crippen LogP contribution in [-0.4, -0.2) is 12.0 Å². The van der Waals surface area contributed by atoms with E-state index < -0.39 is 6.10 Å². The molecule has 0 saturated heterocycles. The van der Waals surface area contributed by atoms with Gasteiger partial charge in [-0.15, -0.1) is 0 Å². The van der Waals surface area contributed by atoms with Crippen molar-refractivity contribution in [3.63, 3.8) is 0 Å². The number of rotatable bonds is 4. The van der Waals surface area contributed by atoms with Gasteiger partial charge in [0.05, 0.1) is 5.02 Å². The molecule has 1 N–H and O–H groups in total. The Labute approximate surface area is 129 Å². The maximum atomic E-state index is 12.2. The number of nitrogens with one attached hydrogen (secondary N) is 1. The lowest BCUT2D eigenvalue weighted by Gasteiger charge is -2.16. The van der Waals surface area contributed by atoms with Gasteiger partial charge < -0.3 is 10.1 Å². The van der Waals surface area contributed by atoms with Crippen molar-refractivity contribution in [2.45, 2.75) is 26.9 Å². The first kappa shape index (κ1) is 15.4. The van der Waals surface area contributed by atoms with E-state index in [2.05, 4.69) is 5.32 Å². The van der Waals surface area contributed by atoms with Crippen LogP contribution >= 0.6 is 11.6 Å². The van der Waals surface area contributed by atoms with Crippen LogP contribution in [-0.2, 0) is 4.79 Å². The molecule has 110 valence electrons. The molecule has 0 fully saturated rings. The summed E-state index contributed by atoms with van der Waals surface area (Å²) in [5, 5.41) is 3.36. The van der Waals surface area contributed by atoms with Crippen LogP contribution in [0.3, 0.4) is 0 Å². The fraction of sp³-hybridized carbons (Fsp3) is 0.235. The Morgan fingerprint density at radius 3 is 2.57 bits per heavy atom. The minimum Gasteiger partial charge on any atom is -0.479 e. The third kappa shape index (κ3) is 3.99. The highest BCUT2D eigenvalue weighted by Crippen LogP contribution is 2.24. The highest BCUT2D eigenvalue weighted by Gasteiger charge is 2.16. The molecule has 1 amide bonds. The third-order valence-corrected chi connectivity index (χ3v) is 3.46. The zero-order valence-electron chi connectivity index (χ0n) is 12.3. The number of anilines is 1. The highest BCUT2D eigenvalue weighted by atomic mass is 35.5. The summed E-state index contributed by atoms with van der Waals surface area (Å²) in [6.45, 7) is 5.67. The van der Waals surface area contributed by atoms with E-state index in [4.69, 9.17) is 16.3 Å². The van der Waals surface area contributed by atoms with Gasteiger partial charge in [0, 0.05) is 5.69 Å². The largest absolute Gasteiger partial charge is 0.479 e. The molecule has 1 atom stereocenters. The van der Waals surface area contributed by atoms with Gasteiger partial charge in [-0.05, 0) is 44.5 Å². The summed E-state index contributed by atoms with van der Waals surface area (Å²) in [6, 6.07) is 13.0. The zero-order chi connectivity index (χ0) is 15.4. The summed E-state index contributed by atoms with van der Waals surface area (Å²) in [6.07, 6.45) is -0.634. The number of para-hydroxylation sites is 1. The first-order valence-corrected chi connectivity index (χ1v) is 7.14. The van der Waals surface area contributed by atoms with Crippen molar-refractivity contribution in [1.29, 1.82) is 0 Å². The van der Waals surface area contributed by atoms with Gasteiger partial charge in [0.25, 0.3) is 5.91 Å². The molecule has 2 aromatic rings. The number of amides is 1. The number of halogens is 1.